The first kappa shape index (κ1) is 14.9. The zero-order valence-corrected chi connectivity index (χ0v) is 12.3. The van der Waals surface area contributed by atoms with Crippen LogP contribution >= 0.6 is 0 Å². The Hall–Kier alpha value is -2.50. The highest BCUT2D eigenvalue weighted by Crippen LogP contribution is 2.08. The fourth-order valence-electron chi connectivity index (χ4n) is 1.94. The van der Waals surface area contributed by atoms with E-state index in [9.17, 15) is 4.79 Å². The number of carbonyl (C=O) groups is 1. The van der Waals surface area contributed by atoms with E-state index >= 15 is 0 Å². The van der Waals surface area contributed by atoms with Gasteiger partial charge in [0.05, 0.1) is 0 Å². The molecule has 1 N–H and O–H groups in total. The van der Waals surface area contributed by atoms with Crippen LogP contribution in [0, 0.1) is 0 Å². The second-order valence-electron chi connectivity index (χ2n) is 4.49. The number of hydrogen-bond donors (Lipinski definition) is 1. The topological polar surface area (TPSA) is 71.0 Å². The summed E-state index contributed by atoms with van der Waals surface area (Å²) in [7, 11) is 0. The van der Waals surface area contributed by atoms with Crippen LogP contribution in [-0.2, 0) is 6.54 Å². The monoisotopic (exact) mass is 285 g/mol. The number of amides is 1. The van der Waals surface area contributed by atoms with Gasteiger partial charge in [-0.25, -0.2) is 0 Å². The number of anilines is 1. The predicted octanol–water partition coefficient (Wildman–Crippen LogP) is 1.65. The molecule has 0 radical (unpaired) electrons. The second kappa shape index (κ2) is 7.33. The molecule has 6 heteroatoms. The van der Waals surface area contributed by atoms with Gasteiger partial charge in [-0.3, -0.25) is 9.78 Å². The summed E-state index contributed by atoms with van der Waals surface area (Å²) in [6, 6.07) is 7.23. The molecule has 0 saturated heterocycles. The van der Waals surface area contributed by atoms with Crippen LogP contribution in [0.15, 0.2) is 36.7 Å². The summed E-state index contributed by atoms with van der Waals surface area (Å²) in [5, 5.41) is 10.9. The van der Waals surface area contributed by atoms with Gasteiger partial charge < -0.3 is 10.2 Å². The predicted molar refractivity (Wildman–Crippen MR) is 81.0 cm³/mol. The quantitative estimate of drug-likeness (QED) is 0.873. The summed E-state index contributed by atoms with van der Waals surface area (Å²) >= 11 is 0. The molecule has 2 heterocycles. The van der Waals surface area contributed by atoms with E-state index in [-0.39, 0.29) is 5.91 Å². The Morgan fingerprint density at radius 1 is 1.10 bits per heavy atom. The van der Waals surface area contributed by atoms with Crippen LogP contribution in [0.3, 0.4) is 0 Å². The summed E-state index contributed by atoms with van der Waals surface area (Å²) in [5.74, 6) is 0.552. The van der Waals surface area contributed by atoms with E-state index in [1.54, 1.807) is 18.5 Å². The second-order valence-corrected chi connectivity index (χ2v) is 4.49. The van der Waals surface area contributed by atoms with Crippen LogP contribution in [0.4, 0.5) is 5.82 Å². The molecule has 21 heavy (non-hydrogen) atoms. The Balaban J connectivity index is 1.97. The third kappa shape index (κ3) is 3.98. The van der Waals surface area contributed by atoms with Gasteiger partial charge in [0.2, 0.25) is 0 Å². The first-order chi connectivity index (χ1) is 10.2. The van der Waals surface area contributed by atoms with Gasteiger partial charge in [0.15, 0.2) is 11.5 Å². The maximum Gasteiger partial charge on any atom is 0.272 e. The van der Waals surface area contributed by atoms with Crippen LogP contribution in [0.5, 0.6) is 0 Å². The summed E-state index contributed by atoms with van der Waals surface area (Å²) < 4.78 is 0. The molecule has 0 aliphatic carbocycles. The molecule has 0 aliphatic heterocycles. The summed E-state index contributed by atoms with van der Waals surface area (Å²) in [6.45, 7) is 6.28. The van der Waals surface area contributed by atoms with E-state index in [1.807, 2.05) is 18.2 Å². The molecule has 0 aliphatic rings. The molecule has 2 aromatic rings. The van der Waals surface area contributed by atoms with Crippen molar-refractivity contribution >= 4 is 11.7 Å². The highest BCUT2D eigenvalue weighted by atomic mass is 16.1. The zero-order valence-electron chi connectivity index (χ0n) is 12.3. The van der Waals surface area contributed by atoms with Crippen LogP contribution in [0.25, 0.3) is 0 Å². The molecule has 0 unspecified atom stereocenters. The van der Waals surface area contributed by atoms with E-state index < -0.39 is 0 Å². The van der Waals surface area contributed by atoms with E-state index in [1.165, 1.54) is 0 Å². The molecule has 0 atom stereocenters. The smallest absolute Gasteiger partial charge is 0.272 e. The van der Waals surface area contributed by atoms with Crippen LogP contribution in [0.1, 0.15) is 29.9 Å². The number of aromatic nitrogens is 3. The largest absolute Gasteiger partial charge is 0.356 e. The molecule has 1 amide bonds. The van der Waals surface area contributed by atoms with Crippen molar-refractivity contribution in [1.82, 2.24) is 20.5 Å². The lowest BCUT2D eigenvalue weighted by Crippen LogP contribution is -2.26. The standard InChI is InChI=1S/C15H19N5O/c1-3-20(4-2)14-6-5-13(18-19-14)15(21)17-11-12-7-9-16-10-8-12/h5-10H,3-4,11H2,1-2H3,(H,17,21). The number of pyridine rings is 1. The van der Waals surface area contributed by atoms with Crippen molar-refractivity contribution in [2.24, 2.45) is 0 Å². The van der Waals surface area contributed by atoms with Crippen molar-refractivity contribution in [2.75, 3.05) is 18.0 Å². The van der Waals surface area contributed by atoms with E-state index in [4.69, 9.17) is 0 Å². The van der Waals surface area contributed by atoms with Gasteiger partial charge >= 0.3 is 0 Å². The molecule has 0 spiro atoms. The average molecular weight is 285 g/mol. The molecule has 110 valence electrons. The first-order valence-electron chi connectivity index (χ1n) is 7.00. The minimum atomic E-state index is -0.231. The van der Waals surface area contributed by atoms with Gasteiger partial charge in [0.1, 0.15) is 0 Å². The third-order valence-corrected chi connectivity index (χ3v) is 3.17. The molecule has 2 aromatic heterocycles. The molecular formula is C15H19N5O. The van der Waals surface area contributed by atoms with Crippen molar-refractivity contribution in [3.63, 3.8) is 0 Å². The molecule has 0 saturated carbocycles. The maximum absolute atomic E-state index is 12.0. The van der Waals surface area contributed by atoms with E-state index in [2.05, 4.69) is 39.2 Å². The summed E-state index contributed by atoms with van der Waals surface area (Å²) in [4.78, 5) is 18.0. The van der Waals surface area contributed by atoms with Crippen molar-refractivity contribution in [2.45, 2.75) is 20.4 Å². The Morgan fingerprint density at radius 3 is 2.38 bits per heavy atom. The van der Waals surface area contributed by atoms with Crippen molar-refractivity contribution in [3.8, 4) is 0 Å². The van der Waals surface area contributed by atoms with Gasteiger partial charge in [0, 0.05) is 32.0 Å². The van der Waals surface area contributed by atoms with Crippen LogP contribution in [-0.4, -0.2) is 34.2 Å². The zero-order chi connectivity index (χ0) is 15.1. The lowest BCUT2D eigenvalue weighted by atomic mass is 10.2. The number of nitrogens with one attached hydrogen (secondary N) is 1. The van der Waals surface area contributed by atoms with Crippen molar-refractivity contribution < 1.29 is 4.79 Å². The normalized spacial score (nSPS) is 10.2. The van der Waals surface area contributed by atoms with Crippen molar-refractivity contribution in [1.29, 1.82) is 0 Å². The van der Waals surface area contributed by atoms with Gasteiger partial charge in [-0.2, -0.15) is 0 Å². The Kier molecular flexibility index (Phi) is 5.20. The van der Waals surface area contributed by atoms with Gasteiger partial charge in [-0.05, 0) is 43.7 Å². The van der Waals surface area contributed by atoms with Crippen LogP contribution in [0.2, 0.25) is 0 Å². The number of carbonyl (C=O) groups excluding carboxylic acids is 1. The maximum atomic E-state index is 12.0. The average Bonchev–Trinajstić information content (AvgIpc) is 2.55. The van der Waals surface area contributed by atoms with Crippen molar-refractivity contribution in [3.05, 3.63) is 47.9 Å². The fraction of sp³-hybridized carbons (Fsp3) is 0.333. The lowest BCUT2D eigenvalue weighted by Gasteiger charge is -2.18. The number of nitrogens with zero attached hydrogens (tertiary/aromatic N) is 4. The number of hydrogen-bond acceptors (Lipinski definition) is 5. The van der Waals surface area contributed by atoms with Gasteiger partial charge in [0.25, 0.3) is 5.91 Å². The highest BCUT2D eigenvalue weighted by molar-refractivity contribution is 5.92. The molecule has 2 rings (SSSR count). The molecule has 6 nitrogen and oxygen atoms in total. The molecule has 0 aromatic carbocycles. The van der Waals surface area contributed by atoms with Gasteiger partial charge in [-0.1, -0.05) is 0 Å². The van der Waals surface area contributed by atoms with E-state index in [0.717, 1.165) is 24.5 Å². The Morgan fingerprint density at radius 2 is 1.81 bits per heavy atom. The molecule has 0 bridgehead atoms. The summed E-state index contributed by atoms with van der Waals surface area (Å²) in [6.07, 6.45) is 3.39. The number of rotatable bonds is 6. The lowest BCUT2D eigenvalue weighted by molar-refractivity contribution is 0.0945. The highest BCUT2D eigenvalue weighted by Gasteiger charge is 2.09. The SMILES string of the molecule is CCN(CC)c1ccc(C(=O)NCc2ccncc2)nn1. The first-order valence-corrected chi connectivity index (χ1v) is 7.00. The van der Waals surface area contributed by atoms with Crippen LogP contribution < -0.4 is 10.2 Å². The minimum absolute atomic E-state index is 0.231. The fourth-order valence-corrected chi connectivity index (χ4v) is 1.94. The van der Waals surface area contributed by atoms with E-state index in [0.29, 0.717) is 12.2 Å². The Bertz CT molecular complexity index is 566. The minimum Gasteiger partial charge on any atom is -0.356 e. The third-order valence-electron chi connectivity index (χ3n) is 3.17. The Labute approximate surface area is 124 Å². The molecular weight excluding hydrogens is 266 g/mol. The summed E-state index contributed by atoms with van der Waals surface area (Å²) in [5.41, 5.74) is 1.31. The molecule has 0 fully saturated rings. The van der Waals surface area contributed by atoms with Gasteiger partial charge in [-0.15, -0.1) is 10.2 Å².